The molecular formula is C13H25NOS. The Morgan fingerprint density at radius 3 is 2.56 bits per heavy atom. The summed E-state index contributed by atoms with van der Waals surface area (Å²) in [6, 6.07) is 0.785. The van der Waals surface area contributed by atoms with Gasteiger partial charge in [-0.25, -0.2) is 0 Å². The lowest BCUT2D eigenvalue weighted by Gasteiger charge is -2.22. The molecule has 1 saturated heterocycles. The second-order valence-corrected chi connectivity index (χ2v) is 6.20. The van der Waals surface area contributed by atoms with E-state index in [1.54, 1.807) is 0 Å². The Bertz CT molecular complexity index is 177. The molecule has 16 heavy (non-hydrogen) atoms. The molecule has 2 fully saturated rings. The van der Waals surface area contributed by atoms with Crippen LogP contribution in [0, 0.1) is 0 Å². The van der Waals surface area contributed by atoms with Crippen molar-refractivity contribution in [2.24, 2.45) is 0 Å². The van der Waals surface area contributed by atoms with E-state index in [-0.39, 0.29) is 0 Å². The number of nitrogens with one attached hydrogen (secondary N) is 1. The standard InChI is InChI=1S/C13H25NOS/c1-2-5-13(4-1)15-9-3-8-14-12-6-10-16-11-7-12/h12-14H,1-11H2. The van der Waals surface area contributed by atoms with Crippen molar-refractivity contribution < 1.29 is 4.74 Å². The summed E-state index contributed by atoms with van der Waals surface area (Å²) in [5, 5.41) is 3.65. The predicted molar refractivity (Wildman–Crippen MR) is 71.2 cm³/mol. The Balaban J connectivity index is 1.42. The minimum absolute atomic E-state index is 0.589. The van der Waals surface area contributed by atoms with Gasteiger partial charge >= 0.3 is 0 Å². The zero-order chi connectivity index (χ0) is 11.1. The molecule has 0 aromatic rings. The summed E-state index contributed by atoms with van der Waals surface area (Å²) in [5.41, 5.74) is 0. The topological polar surface area (TPSA) is 21.3 Å². The summed E-state index contributed by atoms with van der Waals surface area (Å²) < 4.78 is 5.85. The fraction of sp³-hybridized carbons (Fsp3) is 1.00. The molecule has 0 amide bonds. The highest BCUT2D eigenvalue weighted by Gasteiger charge is 2.15. The molecule has 0 spiro atoms. The van der Waals surface area contributed by atoms with Gasteiger partial charge in [0.2, 0.25) is 0 Å². The third-order valence-electron chi connectivity index (χ3n) is 3.63. The second-order valence-electron chi connectivity index (χ2n) is 4.97. The lowest BCUT2D eigenvalue weighted by Crippen LogP contribution is -2.33. The van der Waals surface area contributed by atoms with Crippen LogP contribution in [0.15, 0.2) is 0 Å². The maximum atomic E-state index is 5.85. The van der Waals surface area contributed by atoms with Gasteiger partial charge in [0.1, 0.15) is 0 Å². The molecule has 3 heteroatoms. The molecule has 94 valence electrons. The van der Waals surface area contributed by atoms with Crippen LogP contribution in [0.25, 0.3) is 0 Å². The van der Waals surface area contributed by atoms with Gasteiger partial charge in [0, 0.05) is 12.6 Å². The molecule has 0 bridgehead atoms. The lowest BCUT2D eigenvalue weighted by atomic mass is 10.1. The Morgan fingerprint density at radius 2 is 1.81 bits per heavy atom. The monoisotopic (exact) mass is 243 g/mol. The van der Waals surface area contributed by atoms with Crippen molar-refractivity contribution in [3.63, 3.8) is 0 Å². The third kappa shape index (κ3) is 4.64. The third-order valence-corrected chi connectivity index (χ3v) is 4.68. The Labute approximate surface area is 104 Å². The van der Waals surface area contributed by atoms with Gasteiger partial charge in [0.25, 0.3) is 0 Å². The van der Waals surface area contributed by atoms with Crippen molar-refractivity contribution in [1.82, 2.24) is 5.32 Å². The molecular weight excluding hydrogens is 218 g/mol. The van der Waals surface area contributed by atoms with Crippen LogP contribution in [0.1, 0.15) is 44.9 Å². The highest BCUT2D eigenvalue weighted by atomic mass is 32.2. The van der Waals surface area contributed by atoms with Gasteiger partial charge in [-0.2, -0.15) is 11.8 Å². The molecule has 1 aliphatic heterocycles. The van der Waals surface area contributed by atoms with Crippen LogP contribution in [0.5, 0.6) is 0 Å². The zero-order valence-corrected chi connectivity index (χ0v) is 11.1. The first-order chi connectivity index (χ1) is 7.95. The summed E-state index contributed by atoms with van der Waals surface area (Å²) in [4.78, 5) is 0. The van der Waals surface area contributed by atoms with Gasteiger partial charge in [-0.15, -0.1) is 0 Å². The summed E-state index contributed by atoms with van der Waals surface area (Å²) in [7, 11) is 0. The van der Waals surface area contributed by atoms with E-state index in [2.05, 4.69) is 17.1 Å². The van der Waals surface area contributed by atoms with Crippen molar-refractivity contribution >= 4 is 11.8 Å². The number of thioether (sulfide) groups is 1. The van der Waals surface area contributed by atoms with Crippen molar-refractivity contribution in [3.8, 4) is 0 Å². The predicted octanol–water partition coefficient (Wildman–Crippen LogP) is 2.82. The summed E-state index contributed by atoms with van der Waals surface area (Å²) in [6.45, 7) is 2.10. The van der Waals surface area contributed by atoms with Crippen molar-refractivity contribution in [2.45, 2.75) is 57.1 Å². The van der Waals surface area contributed by atoms with E-state index in [1.165, 1.54) is 56.5 Å². The van der Waals surface area contributed by atoms with Crippen molar-refractivity contribution in [2.75, 3.05) is 24.7 Å². The fourth-order valence-electron chi connectivity index (χ4n) is 2.59. The molecule has 2 rings (SSSR count). The SMILES string of the molecule is C(CNC1CCSCC1)COC1CCCC1. The van der Waals surface area contributed by atoms with E-state index < -0.39 is 0 Å². The number of hydrogen-bond donors (Lipinski definition) is 1. The Hall–Kier alpha value is 0.270. The molecule has 1 N–H and O–H groups in total. The minimum atomic E-state index is 0.589. The largest absolute Gasteiger partial charge is 0.378 e. The van der Waals surface area contributed by atoms with Crippen molar-refractivity contribution in [1.29, 1.82) is 0 Å². The molecule has 1 saturated carbocycles. The van der Waals surface area contributed by atoms with E-state index in [4.69, 9.17) is 4.74 Å². The Kier molecular flexibility index (Phi) is 6.02. The first kappa shape index (κ1) is 12.7. The maximum absolute atomic E-state index is 5.85. The summed E-state index contributed by atoms with van der Waals surface area (Å²) >= 11 is 2.09. The molecule has 2 nitrogen and oxygen atoms in total. The first-order valence-corrected chi connectivity index (χ1v) is 8.03. The zero-order valence-electron chi connectivity index (χ0n) is 10.2. The smallest absolute Gasteiger partial charge is 0.0575 e. The molecule has 0 atom stereocenters. The second kappa shape index (κ2) is 7.57. The van der Waals surface area contributed by atoms with E-state index in [0.29, 0.717) is 6.10 Å². The van der Waals surface area contributed by atoms with Crippen molar-refractivity contribution in [3.05, 3.63) is 0 Å². The van der Waals surface area contributed by atoms with E-state index in [9.17, 15) is 0 Å². The highest BCUT2D eigenvalue weighted by molar-refractivity contribution is 7.99. The Morgan fingerprint density at radius 1 is 1.06 bits per heavy atom. The first-order valence-electron chi connectivity index (χ1n) is 6.88. The molecule has 0 aromatic carbocycles. The van der Waals surface area contributed by atoms with Gasteiger partial charge in [-0.1, -0.05) is 12.8 Å². The highest BCUT2D eigenvalue weighted by Crippen LogP contribution is 2.21. The van der Waals surface area contributed by atoms with Crippen LogP contribution in [0.3, 0.4) is 0 Å². The molecule has 0 aromatic heterocycles. The van der Waals surface area contributed by atoms with Gasteiger partial charge in [-0.05, 0) is 50.2 Å². The van der Waals surface area contributed by atoms with Crippen LogP contribution in [-0.2, 0) is 4.74 Å². The summed E-state index contributed by atoms with van der Waals surface area (Å²) in [5.74, 6) is 2.69. The maximum Gasteiger partial charge on any atom is 0.0575 e. The van der Waals surface area contributed by atoms with E-state index >= 15 is 0 Å². The minimum Gasteiger partial charge on any atom is -0.378 e. The lowest BCUT2D eigenvalue weighted by molar-refractivity contribution is 0.0565. The molecule has 1 aliphatic carbocycles. The van der Waals surface area contributed by atoms with Crippen LogP contribution in [-0.4, -0.2) is 36.8 Å². The molecule has 0 radical (unpaired) electrons. The van der Waals surface area contributed by atoms with E-state index in [1.807, 2.05) is 0 Å². The number of hydrogen-bond acceptors (Lipinski definition) is 3. The quantitative estimate of drug-likeness (QED) is 0.725. The average Bonchev–Trinajstić information content (AvgIpc) is 2.83. The molecule has 0 unspecified atom stereocenters. The summed E-state index contributed by atoms with van der Waals surface area (Å²) in [6.07, 6.45) is 9.83. The van der Waals surface area contributed by atoms with E-state index in [0.717, 1.165) is 19.2 Å². The average molecular weight is 243 g/mol. The molecule has 1 heterocycles. The van der Waals surface area contributed by atoms with Gasteiger partial charge in [-0.3, -0.25) is 0 Å². The van der Waals surface area contributed by atoms with Crippen LogP contribution in [0.4, 0.5) is 0 Å². The number of ether oxygens (including phenoxy) is 1. The van der Waals surface area contributed by atoms with Gasteiger partial charge < -0.3 is 10.1 Å². The van der Waals surface area contributed by atoms with Crippen LogP contribution < -0.4 is 5.32 Å². The fourth-order valence-corrected chi connectivity index (χ4v) is 3.69. The number of rotatable bonds is 6. The van der Waals surface area contributed by atoms with Crippen LogP contribution in [0.2, 0.25) is 0 Å². The van der Waals surface area contributed by atoms with Crippen LogP contribution >= 0.6 is 11.8 Å². The van der Waals surface area contributed by atoms with Gasteiger partial charge in [0.05, 0.1) is 6.10 Å². The normalized spacial score (nSPS) is 24.0. The van der Waals surface area contributed by atoms with Gasteiger partial charge in [0.15, 0.2) is 0 Å². The molecule has 2 aliphatic rings.